The van der Waals surface area contributed by atoms with Gasteiger partial charge in [-0.05, 0) is 64.8 Å². The summed E-state index contributed by atoms with van der Waals surface area (Å²) in [6, 6.07) is 27.1. The molecule has 0 aliphatic rings. The molecule has 0 spiro atoms. The number of rotatable bonds is 6. The molecular formula is C34H38BN. The highest BCUT2D eigenvalue weighted by Gasteiger charge is 2.28. The summed E-state index contributed by atoms with van der Waals surface area (Å²) >= 11 is 0. The van der Waals surface area contributed by atoms with Crippen LogP contribution in [0, 0.1) is 41.5 Å². The van der Waals surface area contributed by atoms with Crippen LogP contribution >= 0.6 is 0 Å². The van der Waals surface area contributed by atoms with E-state index in [1.54, 1.807) is 0 Å². The maximum Gasteiger partial charge on any atom is 0.242 e. The Morgan fingerprint density at radius 1 is 0.528 bits per heavy atom. The topological polar surface area (TPSA) is 3.24 Å². The van der Waals surface area contributed by atoms with Gasteiger partial charge in [-0.25, -0.2) is 0 Å². The van der Waals surface area contributed by atoms with Crippen molar-refractivity contribution in [3.8, 4) is 0 Å². The standard InChI is InChI=1S/C34H38BN/c1-23-19-25(3)33(26(4)20-23)35(34-27(5)21-24(2)22-28(34)6)31-15-11-29(12-16-31)9-10-30-13-17-32(18-14-30)36(7)8/h9-22H,1-8H3/b10-9+. The summed E-state index contributed by atoms with van der Waals surface area (Å²) in [5.74, 6) is 0. The minimum atomic E-state index is 0.211. The average molecular weight is 471 g/mol. The van der Waals surface area contributed by atoms with Gasteiger partial charge in [0.1, 0.15) is 0 Å². The Morgan fingerprint density at radius 3 is 1.25 bits per heavy atom. The smallest absolute Gasteiger partial charge is 0.242 e. The molecule has 0 saturated heterocycles. The normalized spacial score (nSPS) is 11.2. The third-order valence-electron chi connectivity index (χ3n) is 7.20. The molecule has 0 bridgehead atoms. The van der Waals surface area contributed by atoms with E-state index in [0.29, 0.717) is 0 Å². The number of hydrogen-bond acceptors (Lipinski definition) is 1. The van der Waals surface area contributed by atoms with Crippen molar-refractivity contribution in [1.29, 1.82) is 0 Å². The van der Waals surface area contributed by atoms with E-state index in [9.17, 15) is 0 Å². The molecule has 0 aliphatic heterocycles. The summed E-state index contributed by atoms with van der Waals surface area (Å²) in [7, 11) is 4.14. The molecule has 0 heterocycles. The van der Waals surface area contributed by atoms with Gasteiger partial charge in [-0.1, -0.05) is 123 Å². The molecule has 0 aromatic heterocycles. The maximum atomic E-state index is 2.33. The summed E-state index contributed by atoms with van der Waals surface area (Å²) < 4.78 is 0. The fourth-order valence-corrected chi connectivity index (χ4v) is 5.65. The molecule has 0 amide bonds. The van der Waals surface area contributed by atoms with E-state index in [-0.39, 0.29) is 6.71 Å². The van der Waals surface area contributed by atoms with Crippen molar-refractivity contribution in [1.82, 2.24) is 0 Å². The van der Waals surface area contributed by atoms with E-state index in [1.165, 1.54) is 66.6 Å². The minimum Gasteiger partial charge on any atom is -0.378 e. The first-order valence-corrected chi connectivity index (χ1v) is 12.8. The van der Waals surface area contributed by atoms with Crippen molar-refractivity contribution >= 4 is 40.9 Å². The Kier molecular flexibility index (Phi) is 7.55. The monoisotopic (exact) mass is 471 g/mol. The Hall–Kier alpha value is -3.52. The van der Waals surface area contributed by atoms with E-state index in [4.69, 9.17) is 0 Å². The number of anilines is 1. The second-order valence-electron chi connectivity index (χ2n) is 10.5. The molecule has 2 heteroatoms. The summed E-state index contributed by atoms with van der Waals surface area (Å²) in [5, 5.41) is 0. The van der Waals surface area contributed by atoms with E-state index in [2.05, 4.69) is 145 Å². The summed E-state index contributed by atoms with van der Waals surface area (Å²) in [4.78, 5) is 2.12. The molecule has 0 aliphatic carbocycles. The average Bonchev–Trinajstić information content (AvgIpc) is 2.81. The molecule has 4 rings (SSSR count). The van der Waals surface area contributed by atoms with Crippen LogP contribution in [0.5, 0.6) is 0 Å². The molecule has 36 heavy (non-hydrogen) atoms. The third-order valence-corrected chi connectivity index (χ3v) is 7.20. The Bertz CT molecular complexity index is 1290. The van der Waals surface area contributed by atoms with Crippen LogP contribution in [0.1, 0.15) is 44.5 Å². The van der Waals surface area contributed by atoms with Gasteiger partial charge in [-0.2, -0.15) is 0 Å². The zero-order valence-electron chi connectivity index (χ0n) is 23.1. The zero-order chi connectivity index (χ0) is 26.0. The lowest BCUT2D eigenvalue weighted by atomic mass is 9.34. The van der Waals surface area contributed by atoms with Gasteiger partial charge < -0.3 is 4.90 Å². The van der Waals surface area contributed by atoms with Gasteiger partial charge in [0.25, 0.3) is 0 Å². The lowest BCUT2D eigenvalue weighted by Gasteiger charge is -2.24. The van der Waals surface area contributed by atoms with Gasteiger partial charge >= 0.3 is 0 Å². The highest BCUT2D eigenvalue weighted by atomic mass is 15.1. The van der Waals surface area contributed by atoms with Crippen LogP contribution in [0.15, 0.2) is 72.8 Å². The summed E-state index contributed by atoms with van der Waals surface area (Å²) in [6.07, 6.45) is 4.39. The van der Waals surface area contributed by atoms with E-state index >= 15 is 0 Å². The predicted octanol–water partition coefficient (Wildman–Crippen LogP) is 6.29. The second kappa shape index (κ2) is 10.6. The molecule has 4 aromatic rings. The second-order valence-corrected chi connectivity index (χ2v) is 10.5. The highest BCUT2D eigenvalue weighted by molar-refractivity contribution is 6.96. The Balaban J connectivity index is 1.74. The molecule has 182 valence electrons. The number of nitrogens with zero attached hydrogens (tertiary/aromatic N) is 1. The van der Waals surface area contributed by atoms with Crippen LogP contribution in [0.25, 0.3) is 12.2 Å². The van der Waals surface area contributed by atoms with Gasteiger partial charge in [0.05, 0.1) is 0 Å². The quantitative estimate of drug-likeness (QED) is 0.236. The molecule has 0 unspecified atom stereocenters. The largest absolute Gasteiger partial charge is 0.378 e. The van der Waals surface area contributed by atoms with Crippen molar-refractivity contribution in [3.63, 3.8) is 0 Å². The number of benzene rings is 4. The fraction of sp³-hybridized carbons (Fsp3) is 0.235. The maximum absolute atomic E-state index is 2.33. The molecule has 0 atom stereocenters. The molecule has 0 saturated carbocycles. The van der Waals surface area contributed by atoms with Gasteiger partial charge in [-0.3, -0.25) is 0 Å². The van der Waals surface area contributed by atoms with Gasteiger partial charge in [0.2, 0.25) is 6.71 Å². The van der Waals surface area contributed by atoms with Crippen molar-refractivity contribution in [2.75, 3.05) is 19.0 Å². The van der Waals surface area contributed by atoms with Crippen LogP contribution < -0.4 is 21.3 Å². The molecule has 0 radical (unpaired) electrons. The highest BCUT2D eigenvalue weighted by Crippen LogP contribution is 2.16. The lowest BCUT2D eigenvalue weighted by molar-refractivity contribution is 1.13. The summed E-state index contributed by atoms with van der Waals surface area (Å²) in [5.41, 5.74) is 15.9. The van der Waals surface area contributed by atoms with Crippen molar-refractivity contribution in [3.05, 3.63) is 117 Å². The van der Waals surface area contributed by atoms with Gasteiger partial charge in [0.15, 0.2) is 0 Å². The zero-order valence-corrected chi connectivity index (χ0v) is 23.1. The Labute approximate surface area is 218 Å². The van der Waals surface area contributed by atoms with E-state index < -0.39 is 0 Å². The Morgan fingerprint density at radius 2 is 0.889 bits per heavy atom. The first-order valence-electron chi connectivity index (χ1n) is 12.8. The lowest BCUT2D eigenvalue weighted by Crippen LogP contribution is -2.55. The molecule has 4 aromatic carbocycles. The van der Waals surface area contributed by atoms with Gasteiger partial charge in [0, 0.05) is 19.8 Å². The van der Waals surface area contributed by atoms with E-state index in [0.717, 1.165) is 0 Å². The fourth-order valence-electron chi connectivity index (χ4n) is 5.65. The van der Waals surface area contributed by atoms with Gasteiger partial charge in [-0.15, -0.1) is 0 Å². The minimum absolute atomic E-state index is 0.211. The molecule has 1 nitrogen and oxygen atoms in total. The van der Waals surface area contributed by atoms with Crippen LogP contribution in [-0.4, -0.2) is 20.8 Å². The van der Waals surface area contributed by atoms with Crippen LogP contribution in [-0.2, 0) is 0 Å². The van der Waals surface area contributed by atoms with Crippen molar-refractivity contribution in [2.45, 2.75) is 41.5 Å². The first-order chi connectivity index (χ1) is 17.1. The third kappa shape index (κ3) is 5.49. The first kappa shape index (κ1) is 25.6. The molecule has 0 N–H and O–H groups in total. The predicted molar refractivity (Wildman–Crippen MR) is 162 cm³/mol. The van der Waals surface area contributed by atoms with Crippen LogP contribution in [0.4, 0.5) is 5.69 Å². The molecular weight excluding hydrogens is 433 g/mol. The molecule has 0 fully saturated rings. The number of aryl methyl sites for hydroxylation is 6. The van der Waals surface area contributed by atoms with Crippen LogP contribution in [0.2, 0.25) is 0 Å². The van der Waals surface area contributed by atoms with Crippen molar-refractivity contribution < 1.29 is 0 Å². The van der Waals surface area contributed by atoms with Crippen molar-refractivity contribution in [2.24, 2.45) is 0 Å². The van der Waals surface area contributed by atoms with Crippen LogP contribution in [0.3, 0.4) is 0 Å². The summed E-state index contributed by atoms with van der Waals surface area (Å²) in [6.45, 7) is 13.6. The number of hydrogen-bond donors (Lipinski definition) is 0. The SMILES string of the molecule is Cc1cc(C)c(B(c2ccc(/C=C/c3ccc(N(C)C)cc3)cc2)c2c(C)cc(C)cc2C)c(C)c1. The van der Waals surface area contributed by atoms with E-state index in [1.807, 2.05) is 0 Å².